The second kappa shape index (κ2) is 9.47. The van der Waals surface area contributed by atoms with Gasteiger partial charge in [-0.1, -0.05) is 23.7 Å². The van der Waals surface area contributed by atoms with Crippen molar-refractivity contribution in [3.63, 3.8) is 0 Å². The number of anilines is 1. The molecule has 2 aromatic carbocycles. The first-order valence-corrected chi connectivity index (χ1v) is 10.8. The Labute approximate surface area is 193 Å². The summed E-state index contributed by atoms with van der Waals surface area (Å²) < 4.78 is 0. The van der Waals surface area contributed by atoms with Crippen molar-refractivity contribution in [1.29, 1.82) is 0 Å². The maximum atomic E-state index is 13.1. The molecule has 4 rings (SSSR count). The van der Waals surface area contributed by atoms with Crippen LogP contribution in [0.1, 0.15) is 41.6 Å². The zero-order valence-electron chi connectivity index (χ0n) is 17.3. The predicted octanol–water partition coefficient (Wildman–Crippen LogP) is 3.94. The van der Waals surface area contributed by atoms with Gasteiger partial charge in [0.1, 0.15) is 0 Å². The van der Waals surface area contributed by atoms with Crippen molar-refractivity contribution < 1.29 is 9.59 Å². The van der Waals surface area contributed by atoms with Gasteiger partial charge in [0.2, 0.25) is 5.91 Å². The lowest BCUT2D eigenvalue weighted by Gasteiger charge is -2.42. The minimum absolute atomic E-state index is 0. The topological polar surface area (TPSA) is 92.7 Å². The first kappa shape index (κ1) is 23.4. The first-order valence-electron chi connectivity index (χ1n) is 10.4. The molecule has 8 heteroatoms. The zero-order chi connectivity index (χ0) is 21.3. The van der Waals surface area contributed by atoms with Gasteiger partial charge in [-0.25, -0.2) is 4.79 Å². The van der Waals surface area contributed by atoms with Crippen molar-refractivity contribution in [3.8, 4) is 0 Å². The van der Waals surface area contributed by atoms with Gasteiger partial charge in [0, 0.05) is 47.4 Å². The molecule has 0 spiro atoms. The molecule has 2 fully saturated rings. The Morgan fingerprint density at radius 1 is 1.10 bits per heavy atom. The summed E-state index contributed by atoms with van der Waals surface area (Å²) in [5.41, 5.74) is 13.9. The molecule has 1 heterocycles. The fourth-order valence-electron chi connectivity index (χ4n) is 4.83. The van der Waals surface area contributed by atoms with Crippen LogP contribution in [0.4, 0.5) is 10.5 Å². The van der Waals surface area contributed by atoms with E-state index in [0.717, 1.165) is 36.4 Å². The highest BCUT2D eigenvalue weighted by Crippen LogP contribution is 2.41. The van der Waals surface area contributed by atoms with Crippen LogP contribution in [0, 0.1) is 0 Å². The fourth-order valence-corrected chi connectivity index (χ4v) is 5.02. The summed E-state index contributed by atoms with van der Waals surface area (Å²) in [5.74, 6) is -0.471. The number of primary amides is 1. The standard InChI is InChI=1S/C23H27ClN4O2.ClH/c24-18-3-1-2-17(14-18)23(15-25)10-8-20(9-11-23)28-13-12-27(22(28)30)19-6-4-16(5-7-19)21(26)29;/h1-7,14,20H,8-13,15,25H2,(H2,26,29);1H. The second-order valence-corrected chi connectivity index (χ2v) is 8.70. The van der Waals surface area contributed by atoms with E-state index in [1.165, 1.54) is 5.56 Å². The molecule has 0 aromatic heterocycles. The molecule has 0 bridgehead atoms. The van der Waals surface area contributed by atoms with Gasteiger partial charge >= 0.3 is 6.03 Å². The summed E-state index contributed by atoms with van der Waals surface area (Å²) in [4.78, 5) is 28.1. The van der Waals surface area contributed by atoms with Crippen molar-refractivity contribution >= 4 is 41.6 Å². The van der Waals surface area contributed by atoms with Crippen LogP contribution in [-0.2, 0) is 5.41 Å². The van der Waals surface area contributed by atoms with Crippen molar-refractivity contribution in [1.82, 2.24) is 4.90 Å². The van der Waals surface area contributed by atoms with Gasteiger partial charge in [0.15, 0.2) is 0 Å². The molecule has 4 N–H and O–H groups in total. The summed E-state index contributed by atoms with van der Waals surface area (Å²) in [6.07, 6.45) is 3.71. The van der Waals surface area contributed by atoms with E-state index in [4.69, 9.17) is 23.1 Å². The third-order valence-corrected chi connectivity index (χ3v) is 6.92. The number of carbonyl (C=O) groups is 2. The van der Waals surface area contributed by atoms with Crippen LogP contribution < -0.4 is 16.4 Å². The normalized spacial score (nSPS) is 23.5. The predicted molar refractivity (Wildman–Crippen MR) is 126 cm³/mol. The molecule has 6 nitrogen and oxygen atoms in total. The number of hydrogen-bond donors (Lipinski definition) is 2. The Morgan fingerprint density at radius 3 is 2.35 bits per heavy atom. The lowest BCUT2D eigenvalue weighted by Crippen LogP contribution is -2.46. The van der Waals surface area contributed by atoms with E-state index in [2.05, 4.69) is 6.07 Å². The number of nitrogens with zero attached hydrogens (tertiary/aromatic N) is 2. The Hall–Kier alpha value is -2.28. The SMILES string of the molecule is Cl.NCC1(c2cccc(Cl)c2)CCC(N2CCN(c3ccc(C(N)=O)cc3)C2=O)CC1. The van der Waals surface area contributed by atoms with Gasteiger partial charge in [-0.15, -0.1) is 12.4 Å². The van der Waals surface area contributed by atoms with Gasteiger partial charge in [-0.3, -0.25) is 9.69 Å². The van der Waals surface area contributed by atoms with Gasteiger partial charge in [-0.05, 0) is 67.6 Å². The lowest BCUT2D eigenvalue weighted by atomic mass is 9.68. The molecular formula is C23H28Cl2N4O2. The van der Waals surface area contributed by atoms with Crippen molar-refractivity contribution in [2.75, 3.05) is 24.5 Å². The molecule has 1 aliphatic heterocycles. The van der Waals surface area contributed by atoms with Crippen molar-refractivity contribution in [2.24, 2.45) is 11.5 Å². The highest BCUT2D eigenvalue weighted by molar-refractivity contribution is 6.30. The molecule has 0 radical (unpaired) electrons. The van der Waals surface area contributed by atoms with E-state index in [-0.39, 0.29) is 29.9 Å². The van der Waals surface area contributed by atoms with Gasteiger partial charge in [-0.2, -0.15) is 0 Å². The second-order valence-electron chi connectivity index (χ2n) is 8.26. The molecule has 0 atom stereocenters. The Kier molecular flexibility index (Phi) is 7.14. The molecule has 0 unspecified atom stereocenters. The lowest BCUT2D eigenvalue weighted by molar-refractivity contribution is 0.100. The minimum Gasteiger partial charge on any atom is -0.366 e. The number of carbonyl (C=O) groups excluding carboxylic acids is 2. The Balaban J connectivity index is 0.00000272. The Morgan fingerprint density at radius 2 is 1.77 bits per heavy atom. The van der Waals surface area contributed by atoms with E-state index in [9.17, 15) is 9.59 Å². The summed E-state index contributed by atoms with van der Waals surface area (Å²) in [7, 11) is 0. The van der Waals surface area contributed by atoms with E-state index in [1.807, 2.05) is 23.1 Å². The molecule has 1 saturated heterocycles. The fraction of sp³-hybridized carbons (Fsp3) is 0.391. The number of nitrogens with two attached hydrogens (primary N) is 2. The van der Waals surface area contributed by atoms with E-state index in [1.54, 1.807) is 29.2 Å². The zero-order valence-corrected chi connectivity index (χ0v) is 18.9. The van der Waals surface area contributed by atoms with E-state index < -0.39 is 5.91 Å². The summed E-state index contributed by atoms with van der Waals surface area (Å²) in [5, 5.41) is 0.732. The maximum Gasteiger partial charge on any atom is 0.324 e. The number of halogens is 2. The number of hydrogen-bond acceptors (Lipinski definition) is 3. The minimum atomic E-state index is -0.471. The maximum absolute atomic E-state index is 13.1. The molecular weight excluding hydrogens is 435 g/mol. The monoisotopic (exact) mass is 462 g/mol. The molecule has 1 saturated carbocycles. The number of rotatable bonds is 5. The third-order valence-electron chi connectivity index (χ3n) is 6.69. The number of benzene rings is 2. The van der Waals surface area contributed by atoms with Gasteiger partial charge < -0.3 is 16.4 Å². The smallest absolute Gasteiger partial charge is 0.324 e. The largest absolute Gasteiger partial charge is 0.366 e. The molecule has 2 aromatic rings. The van der Waals surface area contributed by atoms with Crippen molar-refractivity contribution in [2.45, 2.75) is 37.1 Å². The molecule has 2 aliphatic rings. The average Bonchev–Trinajstić information content (AvgIpc) is 3.15. The van der Waals surface area contributed by atoms with E-state index in [0.29, 0.717) is 25.2 Å². The quantitative estimate of drug-likeness (QED) is 0.704. The average molecular weight is 463 g/mol. The van der Waals surface area contributed by atoms with Crippen LogP contribution in [0.2, 0.25) is 5.02 Å². The molecule has 1 aliphatic carbocycles. The highest BCUT2D eigenvalue weighted by Gasteiger charge is 2.41. The van der Waals surface area contributed by atoms with Crippen LogP contribution in [0.5, 0.6) is 0 Å². The van der Waals surface area contributed by atoms with E-state index >= 15 is 0 Å². The van der Waals surface area contributed by atoms with Crippen LogP contribution >= 0.6 is 24.0 Å². The molecule has 166 valence electrons. The third kappa shape index (κ3) is 4.52. The summed E-state index contributed by atoms with van der Waals surface area (Å²) in [6, 6.07) is 15.1. The van der Waals surface area contributed by atoms with Crippen LogP contribution in [0.25, 0.3) is 0 Å². The van der Waals surface area contributed by atoms with Crippen molar-refractivity contribution in [3.05, 3.63) is 64.7 Å². The first-order chi connectivity index (χ1) is 14.4. The number of amides is 3. The Bertz CT molecular complexity index is 943. The summed E-state index contributed by atoms with van der Waals surface area (Å²) >= 11 is 6.21. The molecule has 31 heavy (non-hydrogen) atoms. The van der Waals surface area contributed by atoms with Crippen LogP contribution in [-0.4, -0.2) is 42.5 Å². The molecule has 3 amide bonds. The highest BCUT2D eigenvalue weighted by atomic mass is 35.5. The van der Waals surface area contributed by atoms with Crippen LogP contribution in [0.15, 0.2) is 48.5 Å². The number of urea groups is 1. The van der Waals surface area contributed by atoms with Crippen LogP contribution in [0.3, 0.4) is 0 Å². The van der Waals surface area contributed by atoms with Gasteiger partial charge in [0.25, 0.3) is 0 Å². The van der Waals surface area contributed by atoms with Gasteiger partial charge in [0.05, 0.1) is 0 Å². The summed E-state index contributed by atoms with van der Waals surface area (Å²) in [6.45, 7) is 1.92.